The quantitative estimate of drug-likeness (QED) is 0.670. The number of hydrogen-bond acceptors (Lipinski definition) is 2. The molecule has 0 N–H and O–H groups in total. The Labute approximate surface area is 133 Å². The lowest BCUT2D eigenvalue weighted by Gasteiger charge is -2.57. The van der Waals surface area contributed by atoms with Gasteiger partial charge in [0.05, 0.1) is 0 Å². The molecule has 22 heavy (non-hydrogen) atoms. The molecule has 0 aromatic carbocycles. The minimum atomic E-state index is -0.0547. The van der Waals surface area contributed by atoms with Gasteiger partial charge >= 0.3 is 0 Å². The summed E-state index contributed by atoms with van der Waals surface area (Å²) in [6, 6.07) is 0. The summed E-state index contributed by atoms with van der Waals surface area (Å²) in [4.78, 5) is 24.3. The molecule has 4 rings (SSSR count). The smallest absolute Gasteiger partial charge is 0.178 e. The van der Waals surface area contributed by atoms with Gasteiger partial charge in [-0.15, -0.1) is 0 Å². The van der Waals surface area contributed by atoms with Crippen molar-refractivity contribution in [3.8, 4) is 0 Å². The van der Waals surface area contributed by atoms with E-state index in [1.807, 2.05) is 12.2 Å². The van der Waals surface area contributed by atoms with Crippen molar-refractivity contribution in [1.82, 2.24) is 0 Å². The fourth-order valence-electron chi connectivity index (χ4n) is 6.34. The Morgan fingerprint density at radius 1 is 1.00 bits per heavy atom. The summed E-state index contributed by atoms with van der Waals surface area (Å²) >= 11 is 0. The fraction of sp³-hybridized carbons (Fsp3) is 0.700. The van der Waals surface area contributed by atoms with Crippen LogP contribution in [0.25, 0.3) is 0 Å². The van der Waals surface area contributed by atoms with Crippen LogP contribution in [0.5, 0.6) is 0 Å². The molecular weight excluding hydrogens is 272 g/mol. The summed E-state index contributed by atoms with van der Waals surface area (Å²) in [5, 5.41) is 0. The molecule has 0 radical (unpaired) electrons. The lowest BCUT2D eigenvalue weighted by Crippen LogP contribution is -2.50. The molecule has 5 unspecified atom stereocenters. The van der Waals surface area contributed by atoms with E-state index in [1.54, 1.807) is 0 Å². The van der Waals surface area contributed by atoms with Gasteiger partial charge in [0.1, 0.15) is 5.78 Å². The van der Waals surface area contributed by atoms with E-state index in [-0.39, 0.29) is 16.6 Å². The maximum atomic E-state index is 12.4. The van der Waals surface area contributed by atoms with E-state index in [1.165, 1.54) is 17.6 Å². The zero-order chi connectivity index (χ0) is 15.7. The molecule has 0 saturated heterocycles. The Morgan fingerprint density at radius 2 is 1.77 bits per heavy atom. The van der Waals surface area contributed by atoms with E-state index in [0.717, 1.165) is 32.1 Å². The molecule has 4 aliphatic carbocycles. The van der Waals surface area contributed by atoms with E-state index >= 15 is 0 Å². The van der Waals surface area contributed by atoms with Crippen molar-refractivity contribution in [1.29, 1.82) is 0 Å². The van der Waals surface area contributed by atoms with Crippen LogP contribution in [0.3, 0.4) is 0 Å². The predicted molar refractivity (Wildman–Crippen MR) is 86.2 cm³/mol. The minimum absolute atomic E-state index is 0.0547. The highest BCUT2D eigenvalue weighted by molar-refractivity contribution is 6.02. The molecular formula is C20H26O2. The zero-order valence-electron chi connectivity index (χ0n) is 13.9. The average Bonchev–Trinajstić information content (AvgIpc) is 2.77. The lowest BCUT2D eigenvalue weighted by atomic mass is 9.47. The topological polar surface area (TPSA) is 34.1 Å². The van der Waals surface area contributed by atoms with Crippen LogP contribution in [-0.2, 0) is 9.59 Å². The van der Waals surface area contributed by atoms with Crippen LogP contribution < -0.4 is 0 Å². The third-order valence-corrected chi connectivity index (χ3v) is 7.80. The van der Waals surface area contributed by atoms with Gasteiger partial charge in [0, 0.05) is 17.3 Å². The predicted octanol–water partition coefficient (Wildman–Crippen LogP) is 4.25. The number of rotatable bonds is 0. The van der Waals surface area contributed by atoms with Crippen molar-refractivity contribution in [2.75, 3.05) is 0 Å². The molecule has 0 spiro atoms. The lowest BCUT2D eigenvalue weighted by molar-refractivity contribution is -0.131. The summed E-state index contributed by atoms with van der Waals surface area (Å²) < 4.78 is 0. The highest BCUT2D eigenvalue weighted by Gasteiger charge is 2.59. The summed E-state index contributed by atoms with van der Waals surface area (Å²) in [6.07, 6.45) is 10.0. The second-order valence-electron chi connectivity index (χ2n) is 8.44. The van der Waals surface area contributed by atoms with E-state index in [4.69, 9.17) is 0 Å². The summed E-state index contributed by atoms with van der Waals surface area (Å²) in [5.74, 6) is 2.51. The Kier molecular flexibility index (Phi) is 2.90. The molecule has 3 saturated carbocycles. The SMILES string of the molecule is CC1=CC(=O)C=C2CCC3C4CCC(=O)C4(C)CCC3C12C. The largest absolute Gasteiger partial charge is 0.299 e. The molecule has 3 fully saturated rings. The molecule has 0 aliphatic heterocycles. The van der Waals surface area contributed by atoms with Gasteiger partial charge in [0.15, 0.2) is 5.78 Å². The molecule has 5 atom stereocenters. The first kappa shape index (κ1) is 14.4. The van der Waals surface area contributed by atoms with Crippen LogP contribution in [0, 0.1) is 28.6 Å². The van der Waals surface area contributed by atoms with Crippen molar-refractivity contribution in [3.63, 3.8) is 0 Å². The van der Waals surface area contributed by atoms with Gasteiger partial charge in [-0.1, -0.05) is 25.0 Å². The molecule has 118 valence electrons. The van der Waals surface area contributed by atoms with Crippen molar-refractivity contribution < 1.29 is 9.59 Å². The molecule has 0 bridgehead atoms. The fourth-order valence-corrected chi connectivity index (χ4v) is 6.34. The minimum Gasteiger partial charge on any atom is -0.299 e. The van der Waals surface area contributed by atoms with Gasteiger partial charge in [-0.2, -0.15) is 0 Å². The number of Topliss-reactive ketones (excluding diaryl/α,β-unsaturated/α-hetero) is 1. The Bertz CT molecular complexity index is 626. The highest BCUT2D eigenvalue weighted by atomic mass is 16.1. The molecule has 2 heteroatoms. The Balaban J connectivity index is 1.75. The first-order valence-electron chi connectivity index (χ1n) is 8.84. The number of carbonyl (C=O) groups is 2. The van der Waals surface area contributed by atoms with Gasteiger partial charge in [-0.05, 0) is 68.9 Å². The van der Waals surface area contributed by atoms with Gasteiger partial charge < -0.3 is 0 Å². The Morgan fingerprint density at radius 3 is 2.55 bits per heavy atom. The molecule has 0 amide bonds. The van der Waals surface area contributed by atoms with E-state index in [0.29, 0.717) is 23.5 Å². The van der Waals surface area contributed by atoms with E-state index in [9.17, 15) is 9.59 Å². The first-order valence-corrected chi connectivity index (χ1v) is 8.84. The monoisotopic (exact) mass is 298 g/mol. The normalized spacial score (nSPS) is 47.3. The molecule has 0 aromatic rings. The van der Waals surface area contributed by atoms with Gasteiger partial charge in [0.2, 0.25) is 0 Å². The van der Waals surface area contributed by atoms with Crippen LogP contribution >= 0.6 is 0 Å². The molecule has 4 aliphatic rings. The zero-order valence-corrected chi connectivity index (χ0v) is 13.9. The molecule has 0 heterocycles. The number of allylic oxidation sites excluding steroid dienone is 4. The first-order chi connectivity index (χ1) is 10.4. The van der Waals surface area contributed by atoms with Crippen molar-refractivity contribution in [2.24, 2.45) is 28.6 Å². The van der Waals surface area contributed by atoms with Crippen LogP contribution in [0.15, 0.2) is 23.3 Å². The van der Waals surface area contributed by atoms with Gasteiger partial charge in [-0.3, -0.25) is 9.59 Å². The van der Waals surface area contributed by atoms with Crippen LogP contribution in [-0.4, -0.2) is 11.6 Å². The number of hydrogen-bond donors (Lipinski definition) is 0. The van der Waals surface area contributed by atoms with Crippen molar-refractivity contribution >= 4 is 11.6 Å². The summed E-state index contributed by atoms with van der Waals surface area (Å²) in [7, 11) is 0. The maximum absolute atomic E-state index is 12.4. The summed E-state index contributed by atoms with van der Waals surface area (Å²) in [5.41, 5.74) is 2.61. The standard InChI is InChI=1S/C20H26O2/c1-12-10-14(21)11-13-4-5-15-16-6-7-18(22)19(16,2)9-8-17(15)20(12,13)3/h10-11,15-17H,4-9H2,1-3H3. The average molecular weight is 298 g/mol. The van der Waals surface area contributed by atoms with Gasteiger partial charge in [0.25, 0.3) is 0 Å². The Hall–Kier alpha value is -1.18. The summed E-state index contributed by atoms with van der Waals surface area (Å²) in [6.45, 7) is 6.72. The molecule has 0 aromatic heterocycles. The molecule has 2 nitrogen and oxygen atoms in total. The third-order valence-electron chi connectivity index (χ3n) is 7.80. The second kappa shape index (κ2) is 4.43. The van der Waals surface area contributed by atoms with E-state index < -0.39 is 0 Å². The second-order valence-corrected chi connectivity index (χ2v) is 8.44. The van der Waals surface area contributed by atoms with Crippen molar-refractivity contribution in [3.05, 3.63) is 23.3 Å². The number of carbonyl (C=O) groups excluding carboxylic acids is 2. The van der Waals surface area contributed by atoms with Crippen LogP contribution in [0.1, 0.15) is 59.3 Å². The number of fused-ring (bicyclic) bond motifs is 5. The van der Waals surface area contributed by atoms with Gasteiger partial charge in [-0.25, -0.2) is 0 Å². The third kappa shape index (κ3) is 1.62. The van der Waals surface area contributed by atoms with Crippen LogP contribution in [0.2, 0.25) is 0 Å². The number of ketones is 2. The highest BCUT2D eigenvalue weighted by Crippen LogP contribution is 2.64. The maximum Gasteiger partial charge on any atom is 0.178 e. The van der Waals surface area contributed by atoms with Crippen LogP contribution in [0.4, 0.5) is 0 Å². The van der Waals surface area contributed by atoms with Crippen molar-refractivity contribution in [2.45, 2.75) is 59.3 Å². The van der Waals surface area contributed by atoms with E-state index in [2.05, 4.69) is 20.8 Å².